The molecule has 2 aromatic heterocycles. The van der Waals surface area contributed by atoms with Gasteiger partial charge in [0, 0.05) is 121 Å². The van der Waals surface area contributed by atoms with Crippen LogP contribution < -0.4 is 0 Å². The lowest BCUT2D eigenvalue weighted by molar-refractivity contribution is -0.376. The van der Waals surface area contributed by atoms with Crippen LogP contribution in [0.25, 0.3) is 0 Å². The molecule has 0 N–H and O–H groups in total. The van der Waals surface area contributed by atoms with Gasteiger partial charge < -0.3 is 90.0 Å². The van der Waals surface area contributed by atoms with Gasteiger partial charge in [-0.05, 0) is 0 Å². The molecule has 20 atom stereocenters. The monoisotopic (exact) mass is 1450 g/mol. The Balaban J connectivity index is 1.34. The summed E-state index contributed by atoms with van der Waals surface area (Å²) in [5.41, 5.74) is -2.16. The van der Waals surface area contributed by atoms with Crippen molar-refractivity contribution in [3.63, 3.8) is 0 Å². The molecule has 4 fully saturated rings. The zero-order valence-corrected chi connectivity index (χ0v) is 57.5. The van der Waals surface area contributed by atoms with Crippen LogP contribution in [0.4, 0.5) is 0 Å². The molecular weight excluding hydrogens is 1370 g/mol. The van der Waals surface area contributed by atoms with Crippen molar-refractivity contribution in [3.8, 4) is 0 Å². The molecule has 0 spiro atoms. The molecule has 41 heteroatoms. The molecule has 4 aliphatic rings. The molecule has 4 aliphatic heterocycles. The highest BCUT2D eigenvalue weighted by atomic mass is 32.2. The van der Waals surface area contributed by atoms with E-state index in [9.17, 15) is 67.1 Å². The predicted molar refractivity (Wildman–Crippen MR) is 318 cm³/mol. The fourth-order valence-corrected chi connectivity index (χ4v) is 12.9. The molecule has 0 amide bonds. The molecule has 6 rings (SSSR count). The van der Waals surface area contributed by atoms with Crippen molar-refractivity contribution in [3.05, 3.63) is 23.8 Å². The minimum absolute atomic E-state index is 0.137. The molecule has 0 radical (unpaired) electrons. The summed E-state index contributed by atoms with van der Waals surface area (Å²) in [4.78, 5) is 177. The molecule has 0 aromatic carbocycles. The fraction of sp³-hybridized carbons (Fsp3) is 0.690. The standard InChI is InChI=1S/C58H76N6O33S2/c1-23(65)79-19-41-45(83-27(5)69)49(87-31(9)73)53(91-35(13)77)57(95-41)98-21-37-15-63(61-59-37)17-39-43(81-25(3)67)47(85-29(7)71)51(89-33(11)75)55(93-39)97-56-52(90-34(12)76)48(86-30(8)72)44(82-26(4)68)40(94-56)18-64-16-38(60-62-64)22-99-58-54(92-36(14)78)50(88-32(10)74)46(84-28(6)70)42(96-58)20-80-24(2)66/h15-16,39-58H,17-22H2,1-14H3/t39-,40-,41-,42-,43-,44-,45+,46+,47+,48+,49+,50+,51-,52-,53-,54-,55-,56-,57+,58+/m1/s1. The van der Waals surface area contributed by atoms with E-state index >= 15 is 0 Å². The summed E-state index contributed by atoms with van der Waals surface area (Å²) in [6, 6.07) is 0. The normalized spacial score (nSPS) is 29.5. The van der Waals surface area contributed by atoms with E-state index in [1.807, 2.05) is 0 Å². The lowest BCUT2D eigenvalue weighted by atomic mass is 9.96. The first-order chi connectivity index (χ1) is 46.5. The van der Waals surface area contributed by atoms with Gasteiger partial charge in [0.2, 0.25) is 12.6 Å². The predicted octanol–water partition coefficient (Wildman–Crippen LogP) is -0.741. The first-order valence-corrected chi connectivity index (χ1v) is 32.3. The van der Waals surface area contributed by atoms with Crippen molar-refractivity contribution in [1.29, 1.82) is 0 Å². The Hall–Kier alpha value is -8.64. The largest absolute Gasteiger partial charge is 0.463 e. The van der Waals surface area contributed by atoms with Crippen LogP contribution in [0.15, 0.2) is 12.4 Å². The number of thioether (sulfide) groups is 2. The summed E-state index contributed by atoms with van der Waals surface area (Å²) in [5.74, 6) is -12.9. The molecule has 39 nitrogen and oxygen atoms in total. The number of esters is 14. The number of aromatic nitrogens is 6. The number of ether oxygens (including phenoxy) is 19. The van der Waals surface area contributed by atoms with Crippen LogP contribution >= 0.6 is 23.5 Å². The number of carbonyl (C=O) groups excluding carboxylic acids is 14. The highest BCUT2D eigenvalue weighted by Gasteiger charge is 2.59. The topological polar surface area (TPSA) is 476 Å². The Morgan fingerprint density at radius 1 is 0.323 bits per heavy atom. The molecule has 2 aromatic rings. The zero-order chi connectivity index (χ0) is 73.3. The Morgan fingerprint density at radius 2 is 0.566 bits per heavy atom. The van der Waals surface area contributed by atoms with Gasteiger partial charge in [-0.3, -0.25) is 67.1 Å². The lowest BCUT2D eigenvalue weighted by Crippen LogP contribution is -2.66. The van der Waals surface area contributed by atoms with E-state index in [-0.39, 0.29) is 22.9 Å². The van der Waals surface area contributed by atoms with Crippen molar-refractivity contribution >= 4 is 107 Å². The van der Waals surface area contributed by atoms with Gasteiger partial charge in [0.1, 0.15) is 48.5 Å². The van der Waals surface area contributed by atoms with Crippen molar-refractivity contribution < 1.29 is 157 Å². The van der Waals surface area contributed by atoms with Gasteiger partial charge in [0.15, 0.2) is 73.2 Å². The van der Waals surface area contributed by atoms with E-state index in [1.165, 1.54) is 21.8 Å². The second-order valence-corrected chi connectivity index (χ2v) is 24.5. The van der Waals surface area contributed by atoms with Crippen molar-refractivity contribution in [1.82, 2.24) is 30.0 Å². The van der Waals surface area contributed by atoms with Crippen LogP contribution in [0.3, 0.4) is 0 Å². The maximum absolute atomic E-state index is 13.1. The van der Waals surface area contributed by atoms with Gasteiger partial charge in [-0.15, -0.1) is 33.7 Å². The molecule has 0 saturated carbocycles. The van der Waals surface area contributed by atoms with Crippen LogP contribution in [-0.2, 0) is 182 Å². The van der Waals surface area contributed by atoms with Gasteiger partial charge in [-0.25, -0.2) is 9.36 Å². The second kappa shape index (κ2) is 36.4. The summed E-state index contributed by atoms with van der Waals surface area (Å²) < 4.78 is 112. The summed E-state index contributed by atoms with van der Waals surface area (Å²) >= 11 is 1.86. The van der Waals surface area contributed by atoms with Gasteiger partial charge >= 0.3 is 83.6 Å². The second-order valence-electron chi connectivity index (χ2n) is 22.3. The van der Waals surface area contributed by atoms with Crippen LogP contribution in [-0.4, -0.2) is 248 Å². The van der Waals surface area contributed by atoms with E-state index in [0.29, 0.717) is 0 Å². The molecule has 548 valence electrons. The molecule has 99 heavy (non-hydrogen) atoms. The van der Waals surface area contributed by atoms with E-state index in [2.05, 4.69) is 20.6 Å². The average molecular weight is 1450 g/mol. The number of hydrogen-bond donors (Lipinski definition) is 0. The Bertz CT molecular complexity index is 3070. The zero-order valence-electron chi connectivity index (χ0n) is 55.9. The molecule has 4 saturated heterocycles. The van der Waals surface area contributed by atoms with E-state index in [0.717, 1.165) is 120 Å². The smallest absolute Gasteiger partial charge is 0.303 e. The lowest BCUT2D eigenvalue weighted by Gasteiger charge is -2.48. The number of hydrogen-bond acceptors (Lipinski definition) is 39. The Labute approximate surface area is 571 Å². The molecular formula is C58H76N6O33S2. The minimum atomic E-state index is -2.03. The number of rotatable bonds is 28. The van der Waals surface area contributed by atoms with Crippen molar-refractivity contribution in [2.75, 3.05) is 13.2 Å². The van der Waals surface area contributed by atoms with Gasteiger partial charge in [0.05, 0.1) is 24.5 Å². The Kier molecular flexibility index (Phi) is 29.2. The van der Waals surface area contributed by atoms with E-state index < -0.39 is 231 Å². The molecule has 0 unspecified atom stereocenters. The highest BCUT2D eigenvalue weighted by Crippen LogP contribution is 2.40. The average Bonchev–Trinajstić information content (AvgIpc) is 1.07. The van der Waals surface area contributed by atoms with E-state index in [1.54, 1.807) is 0 Å². The van der Waals surface area contributed by atoms with Crippen molar-refractivity contribution in [2.24, 2.45) is 0 Å². The van der Waals surface area contributed by atoms with Crippen molar-refractivity contribution in [2.45, 2.75) is 243 Å². The van der Waals surface area contributed by atoms with Gasteiger partial charge in [-0.1, -0.05) is 10.4 Å². The molecule has 0 aliphatic carbocycles. The van der Waals surface area contributed by atoms with Crippen LogP contribution in [0.2, 0.25) is 0 Å². The maximum Gasteiger partial charge on any atom is 0.303 e. The summed E-state index contributed by atoms with van der Waals surface area (Å²) in [7, 11) is 0. The quantitative estimate of drug-likeness (QED) is 0.0748. The summed E-state index contributed by atoms with van der Waals surface area (Å²) in [6.45, 7) is 12.6. The van der Waals surface area contributed by atoms with Gasteiger partial charge in [0.25, 0.3) is 0 Å². The molecule has 6 heterocycles. The minimum Gasteiger partial charge on any atom is -0.463 e. The summed E-state index contributed by atoms with van der Waals surface area (Å²) in [5, 5.41) is 16.8. The van der Waals surface area contributed by atoms with Crippen LogP contribution in [0.1, 0.15) is 108 Å². The highest BCUT2D eigenvalue weighted by molar-refractivity contribution is 7.99. The third kappa shape index (κ3) is 23.8. The third-order valence-electron chi connectivity index (χ3n) is 13.9. The third-order valence-corrected chi connectivity index (χ3v) is 16.2. The number of nitrogens with zero attached hydrogens (tertiary/aromatic N) is 6. The van der Waals surface area contributed by atoms with E-state index in [4.69, 9.17) is 90.0 Å². The van der Waals surface area contributed by atoms with Gasteiger partial charge in [-0.2, -0.15) is 0 Å². The first-order valence-electron chi connectivity index (χ1n) is 30.2. The maximum atomic E-state index is 13.1. The first kappa shape index (κ1) is 79.3. The van der Waals surface area contributed by atoms with Crippen LogP contribution in [0, 0.1) is 0 Å². The number of carbonyl (C=O) groups is 14. The molecule has 0 bridgehead atoms. The fourth-order valence-electron chi connectivity index (χ4n) is 10.7. The SMILES string of the molecule is CC(=O)OC[C@H]1O[C@@H](SCc2cn(C[C@H]3O[C@H](O[C@H]4O[C@H](Cn5cc(CS[C@@H]6O[C@H](COC(C)=O)[C@H](OC(C)=O)[C@H](OC(C)=O)[C@H]6OC(C)=O)nn5)[C@@H](OC(C)=O)[C@H](OC(C)=O)[C@H]4OC(C)=O)[C@H](OC(C)=O)[C@@H](OC(C)=O)[C@@H]3OC(C)=O)nn2)[C@H](OC(C)=O)[C@@H](OC(C)=O)[C@H]1OC(C)=O. The summed E-state index contributed by atoms with van der Waals surface area (Å²) in [6.07, 6.45) is -26.6. The van der Waals surface area contributed by atoms with Crippen LogP contribution in [0.5, 0.6) is 0 Å². The Morgan fingerprint density at radius 3 is 0.838 bits per heavy atom.